The standard InChI is InChI=1S/C11H12F2N2O/c1-7(16)15-6-2-5-14-9-4-3-8(12)10(13)11(9)15/h3-4,14H,2,5-6H2,1H3. The Morgan fingerprint density at radius 2 is 2.19 bits per heavy atom. The Balaban J connectivity index is 2.58. The van der Waals surface area contributed by atoms with Crippen LogP contribution in [0.25, 0.3) is 0 Å². The average molecular weight is 226 g/mol. The van der Waals surface area contributed by atoms with Crippen molar-refractivity contribution in [1.82, 2.24) is 0 Å². The quantitative estimate of drug-likeness (QED) is 0.735. The third-order valence-electron chi connectivity index (χ3n) is 2.59. The van der Waals surface area contributed by atoms with Gasteiger partial charge in [0.2, 0.25) is 5.91 Å². The molecule has 0 atom stereocenters. The summed E-state index contributed by atoms with van der Waals surface area (Å²) in [6.45, 7) is 2.39. The Morgan fingerprint density at radius 3 is 2.88 bits per heavy atom. The van der Waals surface area contributed by atoms with E-state index in [-0.39, 0.29) is 11.6 Å². The lowest BCUT2D eigenvalue weighted by molar-refractivity contribution is -0.116. The van der Waals surface area contributed by atoms with Gasteiger partial charge in [-0.1, -0.05) is 0 Å². The van der Waals surface area contributed by atoms with E-state index in [4.69, 9.17) is 0 Å². The van der Waals surface area contributed by atoms with Crippen molar-refractivity contribution in [2.75, 3.05) is 23.3 Å². The summed E-state index contributed by atoms with van der Waals surface area (Å²) < 4.78 is 26.8. The van der Waals surface area contributed by atoms with Crippen molar-refractivity contribution < 1.29 is 13.6 Å². The van der Waals surface area contributed by atoms with Crippen LogP contribution in [0.5, 0.6) is 0 Å². The molecule has 1 aromatic rings. The van der Waals surface area contributed by atoms with E-state index in [1.807, 2.05) is 0 Å². The molecule has 0 radical (unpaired) electrons. The number of hydrogen-bond acceptors (Lipinski definition) is 2. The maximum atomic E-state index is 13.7. The molecule has 1 aliphatic rings. The summed E-state index contributed by atoms with van der Waals surface area (Å²) in [5.74, 6) is -2.19. The third kappa shape index (κ3) is 1.73. The lowest BCUT2D eigenvalue weighted by Crippen LogP contribution is -2.30. The number of anilines is 2. The average Bonchev–Trinajstić information content (AvgIpc) is 2.46. The van der Waals surface area contributed by atoms with Crippen molar-refractivity contribution in [3.05, 3.63) is 23.8 Å². The third-order valence-corrected chi connectivity index (χ3v) is 2.59. The Labute approximate surface area is 92.1 Å². The minimum Gasteiger partial charge on any atom is -0.383 e. The molecule has 0 bridgehead atoms. The summed E-state index contributed by atoms with van der Waals surface area (Å²) in [4.78, 5) is 12.7. The molecular weight excluding hydrogens is 214 g/mol. The fourth-order valence-electron chi connectivity index (χ4n) is 1.83. The molecule has 1 aromatic carbocycles. The second kappa shape index (κ2) is 4.08. The highest BCUT2D eigenvalue weighted by atomic mass is 19.2. The monoisotopic (exact) mass is 226 g/mol. The van der Waals surface area contributed by atoms with Gasteiger partial charge in [-0.05, 0) is 18.6 Å². The molecule has 2 rings (SSSR count). The first-order valence-corrected chi connectivity index (χ1v) is 5.11. The minimum absolute atomic E-state index is 0.0185. The van der Waals surface area contributed by atoms with Crippen LogP contribution in [0.3, 0.4) is 0 Å². The van der Waals surface area contributed by atoms with Crippen LogP contribution in [0.2, 0.25) is 0 Å². The predicted molar refractivity (Wildman–Crippen MR) is 57.5 cm³/mol. The number of carbonyl (C=O) groups excluding carboxylic acids is 1. The van der Waals surface area contributed by atoms with Gasteiger partial charge in [0.1, 0.15) is 5.69 Å². The predicted octanol–water partition coefficient (Wildman–Crippen LogP) is 2.13. The van der Waals surface area contributed by atoms with Gasteiger partial charge in [-0.15, -0.1) is 0 Å². The van der Waals surface area contributed by atoms with Gasteiger partial charge in [0.25, 0.3) is 0 Å². The number of benzene rings is 1. The topological polar surface area (TPSA) is 32.3 Å². The summed E-state index contributed by atoms with van der Waals surface area (Å²) in [5.41, 5.74) is 0.483. The van der Waals surface area contributed by atoms with Crippen LogP contribution in [-0.4, -0.2) is 19.0 Å². The Hall–Kier alpha value is -1.65. The first-order valence-electron chi connectivity index (χ1n) is 5.11. The summed E-state index contributed by atoms with van der Waals surface area (Å²) in [7, 11) is 0. The van der Waals surface area contributed by atoms with Crippen molar-refractivity contribution in [3.63, 3.8) is 0 Å². The molecule has 1 amide bonds. The molecule has 16 heavy (non-hydrogen) atoms. The molecule has 1 N–H and O–H groups in total. The van der Waals surface area contributed by atoms with Gasteiger partial charge in [0, 0.05) is 20.0 Å². The number of nitrogens with one attached hydrogen (secondary N) is 1. The van der Waals surface area contributed by atoms with Crippen molar-refractivity contribution in [1.29, 1.82) is 0 Å². The van der Waals surface area contributed by atoms with Crippen molar-refractivity contribution in [3.8, 4) is 0 Å². The molecule has 3 nitrogen and oxygen atoms in total. The highest BCUT2D eigenvalue weighted by Crippen LogP contribution is 2.32. The lowest BCUT2D eigenvalue weighted by Gasteiger charge is -2.21. The Bertz CT molecular complexity index is 434. The van der Waals surface area contributed by atoms with Crippen LogP contribution in [0.4, 0.5) is 20.2 Å². The minimum atomic E-state index is -0.970. The van der Waals surface area contributed by atoms with E-state index in [1.54, 1.807) is 0 Å². The van der Waals surface area contributed by atoms with Crippen LogP contribution in [-0.2, 0) is 4.79 Å². The van der Waals surface area contributed by atoms with Gasteiger partial charge >= 0.3 is 0 Å². The number of rotatable bonds is 0. The van der Waals surface area contributed by atoms with Crippen LogP contribution in [0.15, 0.2) is 12.1 Å². The number of halogens is 2. The van der Waals surface area contributed by atoms with Gasteiger partial charge < -0.3 is 10.2 Å². The number of hydrogen-bond donors (Lipinski definition) is 1. The molecule has 0 aromatic heterocycles. The van der Waals surface area contributed by atoms with Gasteiger partial charge in [0.05, 0.1) is 5.69 Å². The van der Waals surface area contributed by atoms with Crippen LogP contribution in [0, 0.1) is 11.6 Å². The smallest absolute Gasteiger partial charge is 0.224 e. The van der Waals surface area contributed by atoms with Gasteiger partial charge in [-0.3, -0.25) is 4.79 Å². The molecule has 0 aliphatic carbocycles. The summed E-state index contributed by atoms with van der Waals surface area (Å²) >= 11 is 0. The first kappa shape index (κ1) is 10.9. The van der Waals surface area contributed by atoms with Gasteiger partial charge in [-0.2, -0.15) is 0 Å². The van der Waals surface area contributed by atoms with E-state index in [0.29, 0.717) is 25.2 Å². The molecule has 1 aliphatic heterocycles. The maximum absolute atomic E-state index is 13.7. The van der Waals surface area contributed by atoms with E-state index >= 15 is 0 Å². The van der Waals surface area contributed by atoms with E-state index in [0.717, 1.165) is 6.07 Å². The summed E-state index contributed by atoms with van der Waals surface area (Å²) in [6, 6.07) is 2.51. The number of fused-ring (bicyclic) bond motifs is 1. The normalized spacial score (nSPS) is 15.1. The van der Waals surface area contributed by atoms with E-state index < -0.39 is 11.6 Å². The van der Waals surface area contributed by atoms with Crippen molar-refractivity contribution in [2.24, 2.45) is 0 Å². The Kier molecular flexibility index (Phi) is 2.77. The molecule has 0 saturated heterocycles. The van der Waals surface area contributed by atoms with Crippen molar-refractivity contribution >= 4 is 17.3 Å². The zero-order valence-corrected chi connectivity index (χ0v) is 8.89. The zero-order chi connectivity index (χ0) is 11.7. The number of amides is 1. The molecule has 0 fully saturated rings. The molecule has 0 unspecified atom stereocenters. The van der Waals surface area contributed by atoms with Gasteiger partial charge in [0.15, 0.2) is 11.6 Å². The van der Waals surface area contributed by atoms with E-state index in [1.165, 1.54) is 17.9 Å². The fourth-order valence-corrected chi connectivity index (χ4v) is 1.83. The van der Waals surface area contributed by atoms with Crippen LogP contribution >= 0.6 is 0 Å². The SMILES string of the molecule is CC(=O)N1CCCNc2ccc(F)c(F)c21. The van der Waals surface area contributed by atoms with Crippen molar-refractivity contribution in [2.45, 2.75) is 13.3 Å². The Morgan fingerprint density at radius 1 is 1.44 bits per heavy atom. The summed E-state index contributed by atoms with van der Waals surface area (Å²) in [6.07, 6.45) is 0.704. The fraction of sp³-hybridized carbons (Fsp3) is 0.364. The first-order chi connectivity index (χ1) is 7.61. The number of nitrogens with zero attached hydrogens (tertiary/aromatic N) is 1. The molecule has 1 heterocycles. The highest BCUT2D eigenvalue weighted by Gasteiger charge is 2.24. The van der Waals surface area contributed by atoms with E-state index in [2.05, 4.69) is 5.32 Å². The highest BCUT2D eigenvalue weighted by molar-refractivity contribution is 5.95. The molecular formula is C11H12F2N2O. The van der Waals surface area contributed by atoms with Gasteiger partial charge in [-0.25, -0.2) is 8.78 Å². The largest absolute Gasteiger partial charge is 0.383 e. The lowest BCUT2D eigenvalue weighted by atomic mass is 10.2. The summed E-state index contributed by atoms with van der Waals surface area (Å²) in [5, 5.41) is 2.98. The molecule has 86 valence electrons. The molecule has 0 saturated carbocycles. The maximum Gasteiger partial charge on any atom is 0.224 e. The second-order valence-corrected chi connectivity index (χ2v) is 3.71. The second-order valence-electron chi connectivity index (χ2n) is 3.71. The molecule has 0 spiro atoms. The zero-order valence-electron chi connectivity index (χ0n) is 8.89. The van der Waals surface area contributed by atoms with E-state index in [9.17, 15) is 13.6 Å². The van der Waals surface area contributed by atoms with Crippen LogP contribution in [0.1, 0.15) is 13.3 Å². The van der Waals surface area contributed by atoms with Crippen LogP contribution < -0.4 is 10.2 Å². The molecule has 5 heteroatoms. The number of carbonyl (C=O) groups is 1.